The van der Waals surface area contributed by atoms with Crippen LogP contribution in [0.5, 0.6) is 0 Å². The molecule has 0 aliphatic carbocycles. The molecule has 2 rings (SSSR count). The van der Waals surface area contributed by atoms with Crippen LogP contribution in [0.4, 0.5) is 4.79 Å². The smallest absolute Gasteiger partial charge is 0.408 e. The number of hydrogen-bond donors (Lipinski definition) is 3. The number of methoxy groups -OCH3 is 1. The summed E-state index contributed by atoms with van der Waals surface area (Å²) < 4.78 is 10.2. The normalized spacial score (nSPS) is 13.2. The third-order valence-corrected chi connectivity index (χ3v) is 5.31. The molecule has 0 spiro atoms. The lowest BCUT2D eigenvalue weighted by molar-refractivity contribution is -0.146. The van der Waals surface area contributed by atoms with Gasteiger partial charge >= 0.3 is 12.1 Å². The first-order chi connectivity index (χ1) is 17.9. The van der Waals surface area contributed by atoms with Crippen molar-refractivity contribution in [2.24, 2.45) is 5.92 Å². The van der Waals surface area contributed by atoms with E-state index in [-0.39, 0.29) is 18.0 Å². The predicted octanol–water partition coefficient (Wildman–Crippen LogP) is 3.59. The number of nitrogens with one attached hydrogen (secondary N) is 3. The summed E-state index contributed by atoms with van der Waals surface area (Å²) in [4.78, 5) is 51.5. The standard InChI is InChI=1S/C29H37N3O6/c1-19(2)24(27(35)37-6)32-26(34)22(17-20-13-9-7-10-14-20)30-25(33)23(18-21-15-11-8-12-16-21)31-28(36)38-29(3,4)5/h7-17,19,23-24H,18H2,1-6H3,(H,30,33)(H,31,36)(H,32,34). The monoisotopic (exact) mass is 523 g/mol. The second-order valence-corrected chi connectivity index (χ2v) is 10.1. The second-order valence-electron chi connectivity index (χ2n) is 10.1. The SMILES string of the molecule is COC(=O)C(NC(=O)C(=Cc1ccccc1)NC(=O)C(Cc1ccccc1)NC(=O)OC(C)(C)C)C(C)C. The predicted molar refractivity (Wildman–Crippen MR) is 145 cm³/mol. The molecule has 2 aromatic carbocycles. The molecule has 0 aliphatic heterocycles. The average Bonchev–Trinajstić information content (AvgIpc) is 2.85. The Morgan fingerprint density at radius 2 is 1.47 bits per heavy atom. The fourth-order valence-corrected chi connectivity index (χ4v) is 3.45. The van der Waals surface area contributed by atoms with Crippen molar-refractivity contribution in [3.8, 4) is 0 Å². The van der Waals surface area contributed by atoms with Gasteiger partial charge < -0.3 is 25.4 Å². The number of carbonyl (C=O) groups excluding carboxylic acids is 4. The van der Waals surface area contributed by atoms with Crippen molar-refractivity contribution in [1.29, 1.82) is 0 Å². The number of carbonyl (C=O) groups is 4. The summed E-state index contributed by atoms with van der Waals surface area (Å²) in [5, 5.41) is 7.90. The van der Waals surface area contributed by atoms with Crippen molar-refractivity contribution in [2.45, 2.75) is 58.7 Å². The Morgan fingerprint density at radius 1 is 0.895 bits per heavy atom. The van der Waals surface area contributed by atoms with Crippen molar-refractivity contribution < 1.29 is 28.7 Å². The maximum atomic E-state index is 13.5. The molecule has 0 radical (unpaired) electrons. The van der Waals surface area contributed by atoms with E-state index in [1.807, 2.05) is 36.4 Å². The first kappa shape index (κ1) is 30.1. The first-order valence-corrected chi connectivity index (χ1v) is 12.4. The zero-order chi connectivity index (χ0) is 28.3. The fourth-order valence-electron chi connectivity index (χ4n) is 3.45. The van der Waals surface area contributed by atoms with E-state index < -0.39 is 41.6 Å². The molecule has 0 saturated carbocycles. The molecule has 0 saturated heterocycles. The molecule has 0 fully saturated rings. The number of alkyl carbamates (subject to hydrolysis) is 1. The van der Waals surface area contributed by atoms with E-state index >= 15 is 0 Å². The minimum absolute atomic E-state index is 0.0974. The zero-order valence-corrected chi connectivity index (χ0v) is 22.7. The van der Waals surface area contributed by atoms with Gasteiger partial charge in [0, 0.05) is 6.42 Å². The van der Waals surface area contributed by atoms with Crippen LogP contribution < -0.4 is 16.0 Å². The number of amides is 3. The van der Waals surface area contributed by atoms with Gasteiger partial charge in [-0.05, 0) is 43.9 Å². The molecule has 3 N–H and O–H groups in total. The molecule has 0 aromatic heterocycles. The summed E-state index contributed by atoms with van der Waals surface area (Å²) in [5.74, 6) is -2.18. The molecular weight excluding hydrogens is 486 g/mol. The number of ether oxygens (including phenoxy) is 2. The highest BCUT2D eigenvalue weighted by Gasteiger charge is 2.29. The molecule has 0 aliphatic rings. The topological polar surface area (TPSA) is 123 Å². The van der Waals surface area contributed by atoms with E-state index in [1.165, 1.54) is 13.2 Å². The lowest BCUT2D eigenvalue weighted by Gasteiger charge is -2.24. The van der Waals surface area contributed by atoms with Crippen molar-refractivity contribution >= 4 is 30.0 Å². The summed E-state index contributed by atoms with van der Waals surface area (Å²) in [6, 6.07) is 16.1. The maximum absolute atomic E-state index is 13.5. The Kier molecular flexibility index (Phi) is 11.1. The van der Waals surface area contributed by atoms with Crippen LogP contribution in [0.3, 0.4) is 0 Å². The van der Waals surface area contributed by atoms with Crippen LogP contribution in [-0.2, 0) is 30.3 Å². The molecule has 2 unspecified atom stereocenters. The Balaban J connectivity index is 2.37. The van der Waals surface area contributed by atoms with Crippen molar-refractivity contribution in [2.75, 3.05) is 7.11 Å². The molecule has 2 atom stereocenters. The van der Waals surface area contributed by atoms with Crippen LogP contribution in [0.2, 0.25) is 0 Å². The molecule has 0 heterocycles. The number of benzene rings is 2. The molecule has 9 heteroatoms. The second kappa shape index (κ2) is 14.0. The highest BCUT2D eigenvalue weighted by Crippen LogP contribution is 2.12. The van der Waals surface area contributed by atoms with E-state index in [0.29, 0.717) is 5.56 Å². The number of rotatable bonds is 10. The minimum Gasteiger partial charge on any atom is -0.467 e. The quantitative estimate of drug-likeness (QED) is 0.323. The maximum Gasteiger partial charge on any atom is 0.408 e. The summed E-state index contributed by atoms with van der Waals surface area (Å²) >= 11 is 0. The highest BCUT2D eigenvalue weighted by molar-refractivity contribution is 6.03. The average molecular weight is 524 g/mol. The van der Waals surface area contributed by atoms with Crippen LogP contribution in [0.1, 0.15) is 45.7 Å². The lowest BCUT2D eigenvalue weighted by Crippen LogP contribution is -2.52. The molecule has 2 aromatic rings. The minimum atomic E-state index is -1.05. The first-order valence-electron chi connectivity index (χ1n) is 12.4. The summed E-state index contributed by atoms with van der Waals surface area (Å²) in [6.45, 7) is 8.69. The Morgan fingerprint density at radius 3 is 2.00 bits per heavy atom. The summed E-state index contributed by atoms with van der Waals surface area (Å²) in [7, 11) is 1.24. The summed E-state index contributed by atoms with van der Waals surface area (Å²) in [6.07, 6.45) is 0.884. The summed E-state index contributed by atoms with van der Waals surface area (Å²) in [5.41, 5.74) is 0.583. The van der Waals surface area contributed by atoms with Gasteiger partial charge in [-0.15, -0.1) is 0 Å². The Bertz CT molecular complexity index is 1120. The van der Waals surface area contributed by atoms with Gasteiger partial charge in [0.15, 0.2) is 0 Å². The van der Waals surface area contributed by atoms with Crippen molar-refractivity contribution in [3.63, 3.8) is 0 Å². The van der Waals surface area contributed by atoms with E-state index in [4.69, 9.17) is 9.47 Å². The van der Waals surface area contributed by atoms with Crippen molar-refractivity contribution in [1.82, 2.24) is 16.0 Å². The molecule has 0 bridgehead atoms. The van der Waals surface area contributed by atoms with Crippen LogP contribution >= 0.6 is 0 Å². The largest absolute Gasteiger partial charge is 0.467 e. The highest BCUT2D eigenvalue weighted by atomic mass is 16.6. The van der Waals surface area contributed by atoms with Crippen molar-refractivity contribution in [3.05, 3.63) is 77.5 Å². The third kappa shape index (κ3) is 10.1. The van der Waals surface area contributed by atoms with Gasteiger partial charge in [0.1, 0.15) is 23.4 Å². The molecule has 3 amide bonds. The van der Waals surface area contributed by atoms with Gasteiger partial charge in [-0.1, -0.05) is 74.5 Å². The van der Waals surface area contributed by atoms with Gasteiger partial charge in [-0.2, -0.15) is 0 Å². The molecule has 38 heavy (non-hydrogen) atoms. The lowest BCUT2D eigenvalue weighted by atomic mass is 10.0. The molecule has 9 nitrogen and oxygen atoms in total. The van der Waals surface area contributed by atoms with Crippen LogP contribution in [0.25, 0.3) is 6.08 Å². The molecular formula is C29H37N3O6. The van der Waals surface area contributed by atoms with E-state index in [0.717, 1.165) is 5.56 Å². The van der Waals surface area contributed by atoms with Gasteiger partial charge in [0.25, 0.3) is 5.91 Å². The Hall–Kier alpha value is -4.14. The number of esters is 1. The van der Waals surface area contributed by atoms with Gasteiger partial charge in [0.05, 0.1) is 7.11 Å². The van der Waals surface area contributed by atoms with E-state index in [9.17, 15) is 19.2 Å². The number of hydrogen-bond acceptors (Lipinski definition) is 6. The zero-order valence-electron chi connectivity index (χ0n) is 22.7. The fraction of sp³-hybridized carbons (Fsp3) is 0.379. The van der Waals surface area contributed by atoms with Gasteiger partial charge in [-0.3, -0.25) is 9.59 Å². The Labute approximate surface area is 224 Å². The van der Waals surface area contributed by atoms with Gasteiger partial charge in [0.2, 0.25) is 5.91 Å². The van der Waals surface area contributed by atoms with Gasteiger partial charge in [-0.25, -0.2) is 9.59 Å². The van der Waals surface area contributed by atoms with Crippen LogP contribution in [0.15, 0.2) is 66.4 Å². The van der Waals surface area contributed by atoms with Crippen LogP contribution in [-0.4, -0.2) is 48.7 Å². The van der Waals surface area contributed by atoms with E-state index in [2.05, 4.69) is 16.0 Å². The molecule has 204 valence electrons. The van der Waals surface area contributed by atoms with Crippen LogP contribution in [0, 0.1) is 5.92 Å². The third-order valence-electron chi connectivity index (χ3n) is 5.31. The van der Waals surface area contributed by atoms with E-state index in [1.54, 1.807) is 58.9 Å².